The van der Waals surface area contributed by atoms with Gasteiger partial charge in [-0.25, -0.2) is 0 Å². The van der Waals surface area contributed by atoms with Crippen LogP contribution in [0.1, 0.15) is 19.3 Å². The molecular formula is C14H20N2O2S. The lowest BCUT2D eigenvalue weighted by Gasteiger charge is -2.05. The number of aromatic amines is 1. The van der Waals surface area contributed by atoms with Crippen LogP contribution >= 0.6 is 12.2 Å². The molecule has 104 valence electrons. The van der Waals surface area contributed by atoms with Crippen molar-refractivity contribution < 1.29 is 9.47 Å². The number of hydrogen-bond donors (Lipinski definition) is 1. The van der Waals surface area contributed by atoms with Crippen LogP contribution in [0, 0.1) is 4.77 Å². The molecule has 0 aliphatic carbocycles. The van der Waals surface area contributed by atoms with E-state index in [1.165, 1.54) is 0 Å². The summed E-state index contributed by atoms with van der Waals surface area (Å²) in [6.07, 6.45) is 3.34. The standard InChI is InChI=1S/C14H20N2O2S/c1-17-9-5-3-4-8-16-13-10-11(18-2)6-7-12(13)15-14(16)19/h6-7,10H,3-5,8-9H2,1-2H3,(H,15,19). The van der Waals surface area contributed by atoms with Gasteiger partial charge in [-0.3, -0.25) is 0 Å². The fraction of sp³-hybridized carbons (Fsp3) is 0.500. The van der Waals surface area contributed by atoms with Crippen LogP contribution < -0.4 is 4.74 Å². The van der Waals surface area contributed by atoms with Crippen LogP contribution in [-0.2, 0) is 11.3 Å². The Bertz CT molecular complexity index is 589. The number of aromatic nitrogens is 2. The number of nitrogens with one attached hydrogen (secondary N) is 1. The zero-order valence-corrected chi connectivity index (χ0v) is 12.3. The molecule has 1 aromatic heterocycles. The average Bonchev–Trinajstić information content (AvgIpc) is 2.74. The molecule has 0 aliphatic heterocycles. The van der Waals surface area contributed by atoms with Crippen molar-refractivity contribution in [1.29, 1.82) is 0 Å². The zero-order valence-electron chi connectivity index (χ0n) is 11.4. The Balaban J connectivity index is 2.12. The van der Waals surface area contributed by atoms with E-state index in [9.17, 15) is 0 Å². The number of rotatable bonds is 7. The van der Waals surface area contributed by atoms with Crippen LogP contribution in [0.2, 0.25) is 0 Å². The Morgan fingerprint density at radius 2 is 2.05 bits per heavy atom. The van der Waals surface area contributed by atoms with Crippen molar-refractivity contribution in [2.45, 2.75) is 25.8 Å². The molecule has 0 unspecified atom stereocenters. The van der Waals surface area contributed by atoms with Crippen molar-refractivity contribution in [2.24, 2.45) is 0 Å². The quantitative estimate of drug-likeness (QED) is 0.623. The van der Waals surface area contributed by atoms with Gasteiger partial charge in [-0.05, 0) is 43.6 Å². The van der Waals surface area contributed by atoms with Crippen LogP contribution in [0.3, 0.4) is 0 Å². The van der Waals surface area contributed by atoms with Crippen molar-refractivity contribution in [3.63, 3.8) is 0 Å². The highest BCUT2D eigenvalue weighted by atomic mass is 32.1. The topological polar surface area (TPSA) is 39.2 Å². The van der Waals surface area contributed by atoms with Crippen LogP contribution in [-0.4, -0.2) is 30.4 Å². The monoisotopic (exact) mass is 280 g/mol. The first-order valence-electron chi connectivity index (χ1n) is 6.51. The number of benzene rings is 1. The van der Waals surface area contributed by atoms with E-state index in [1.807, 2.05) is 18.2 Å². The Morgan fingerprint density at radius 3 is 2.79 bits per heavy atom. The highest BCUT2D eigenvalue weighted by Crippen LogP contribution is 2.21. The van der Waals surface area contributed by atoms with E-state index >= 15 is 0 Å². The number of nitrogens with zero attached hydrogens (tertiary/aromatic N) is 1. The fourth-order valence-electron chi connectivity index (χ4n) is 2.17. The Labute approximate surface area is 118 Å². The zero-order chi connectivity index (χ0) is 13.7. The molecule has 0 spiro atoms. The van der Waals surface area contributed by atoms with Crippen LogP contribution in [0.25, 0.3) is 11.0 Å². The molecule has 4 nitrogen and oxygen atoms in total. The maximum atomic E-state index is 5.38. The van der Waals surface area contributed by atoms with Gasteiger partial charge in [-0.15, -0.1) is 0 Å². The van der Waals surface area contributed by atoms with E-state index < -0.39 is 0 Å². The Morgan fingerprint density at radius 1 is 1.21 bits per heavy atom. The molecule has 0 atom stereocenters. The molecule has 19 heavy (non-hydrogen) atoms. The molecule has 0 saturated heterocycles. The molecule has 0 aliphatic rings. The van der Waals surface area contributed by atoms with Crippen molar-refractivity contribution in [3.05, 3.63) is 23.0 Å². The number of H-pyrrole nitrogens is 1. The van der Waals surface area contributed by atoms with Gasteiger partial charge in [0.25, 0.3) is 0 Å². The first-order chi connectivity index (χ1) is 9.26. The van der Waals surface area contributed by atoms with Gasteiger partial charge >= 0.3 is 0 Å². The number of fused-ring (bicyclic) bond motifs is 1. The van der Waals surface area contributed by atoms with Gasteiger partial charge in [0.2, 0.25) is 0 Å². The van der Waals surface area contributed by atoms with Gasteiger partial charge in [-0.2, -0.15) is 0 Å². The summed E-state index contributed by atoms with van der Waals surface area (Å²) in [5.74, 6) is 0.856. The molecule has 1 aromatic carbocycles. The van der Waals surface area contributed by atoms with E-state index in [-0.39, 0.29) is 0 Å². The smallest absolute Gasteiger partial charge is 0.178 e. The summed E-state index contributed by atoms with van der Waals surface area (Å²) in [4.78, 5) is 3.23. The third-order valence-corrected chi connectivity index (χ3v) is 3.54. The normalized spacial score (nSPS) is 11.1. The summed E-state index contributed by atoms with van der Waals surface area (Å²) < 4.78 is 13.2. The van der Waals surface area contributed by atoms with Crippen LogP contribution in [0.4, 0.5) is 0 Å². The third kappa shape index (κ3) is 3.36. The summed E-state index contributed by atoms with van der Waals surface area (Å²) in [6.45, 7) is 1.75. The maximum absolute atomic E-state index is 5.38. The third-order valence-electron chi connectivity index (χ3n) is 3.21. The molecular weight excluding hydrogens is 260 g/mol. The van der Waals surface area contributed by atoms with Crippen molar-refractivity contribution in [2.75, 3.05) is 20.8 Å². The van der Waals surface area contributed by atoms with E-state index in [2.05, 4.69) is 9.55 Å². The maximum Gasteiger partial charge on any atom is 0.178 e. The Kier molecular flexibility index (Phi) is 4.99. The lowest BCUT2D eigenvalue weighted by molar-refractivity contribution is 0.191. The van der Waals surface area contributed by atoms with Gasteiger partial charge in [0.15, 0.2) is 4.77 Å². The largest absolute Gasteiger partial charge is 0.497 e. The predicted molar refractivity (Wildman–Crippen MR) is 79.4 cm³/mol. The minimum atomic E-state index is 0.773. The van der Waals surface area contributed by atoms with Gasteiger partial charge in [0.05, 0.1) is 18.1 Å². The number of ether oxygens (including phenoxy) is 2. The molecule has 5 heteroatoms. The molecule has 2 aromatic rings. The SMILES string of the molecule is COCCCCCn1c(=S)[nH]c2ccc(OC)cc21. The highest BCUT2D eigenvalue weighted by Gasteiger charge is 2.05. The average molecular weight is 280 g/mol. The van der Waals surface area contributed by atoms with Gasteiger partial charge in [-0.1, -0.05) is 0 Å². The molecule has 0 amide bonds. The van der Waals surface area contributed by atoms with Crippen molar-refractivity contribution in [1.82, 2.24) is 9.55 Å². The minimum absolute atomic E-state index is 0.773. The summed E-state index contributed by atoms with van der Waals surface area (Å²) in [6, 6.07) is 5.97. The lowest BCUT2D eigenvalue weighted by Crippen LogP contribution is -1.99. The van der Waals surface area contributed by atoms with Gasteiger partial charge < -0.3 is 19.0 Å². The first kappa shape index (κ1) is 14.1. The van der Waals surface area contributed by atoms with E-state index in [1.54, 1.807) is 14.2 Å². The van der Waals surface area contributed by atoms with Crippen LogP contribution in [0.15, 0.2) is 18.2 Å². The first-order valence-corrected chi connectivity index (χ1v) is 6.92. The minimum Gasteiger partial charge on any atom is -0.497 e. The number of hydrogen-bond acceptors (Lipinski definition) is 3. The lowest BCUT2D eigenvalue weighted by atomic mass is 10.2. The van der Waals surface area contributed by atoms with Crippen LogP contribution in [0.5, 0.6) is 5.75 Å². The number of unbranched alkanes of at least 4 members (excludes halogenated alkanes) is 2. The predicted octanol–water partition coefficient (Wildman–Crippen LogP) is 3.52. The second-order valence-electron chi connectivity index (χ2n) is 4.52. The summed E-state index contributed by atoms with van der Waals surface area (Å²) >= 11 is 5.38. The van der Waals surface area contributed by atoms with Gasteiger partial charge in [0, 0.05) is 26.3 Å². The molecule has 0 fully saturated rings. The van der Waals surface area contributed by atoms with Gasteiger partial charge in [0.1, 0.15) is 5.75 Å². The number of methoxy groups -OCH3 is 2. The van der Waals surface area contributed by atoms with Crippen molar-refractivity contribution in [3.8, 4) is 5.75 Å². The van der Waals surface area contributed by atoms with E-state index in [0.29, 0.717) is 0 Å². The van der Waals surface area contributed by atoms with E-state index in [4.69, 9.17) is 21.7 Å². The van der Waals surface area contributed by atoms with E-state index in [0.717, 1.165) is 54.0 Å². The summed E-state index contributed by atoms with van der Waals surface area (Å²) in [5, 5.41) is 0. The molecule has 0 bridgehead atoms. The Hall–Kier alpha value is -1.33. The number of imidazole rings is 1. The fourth-order valence-corrected chi connectivity index (χ4v) is 2.47. The molecule has 2 rings (SSSR count). The molecule has 1 N–H and O–H groups in total. The highest BCUT2D eigenvalue weighted by molar-refractivity contribution is 7.71. The second-order valence-corrected chi connectivity index (χ2v) is 4.91. The van der Waals surface area contributed by atoms with Crippen molar-refractivity contribution >= 4 is 23.3 Å². The second kappa shape index (κ2) is 6.73. The summed E-state index contributed by atoms with van der Waals surface area (Å²) in [5.41, 5.74) is 2.17. The molecule has 0 saturated carbocycles. The number of aryl methyl sites for hydroxylation is 1. The molecule has 1 heterocycles. The summed E-state index contributed by atoms with van der Waals surface area (Å²) in [7, 11) is 3.42. The molecule has 0 radical (unpaired) electrons.